The number of H-pyrrole nitrogens is 1. The fourth-order valence-corrected chi connectivity index (χ4v) is 8.36. The molecule has 1 aromatic carbocycles. The summed E-state index contributed by atoms with van der Waals surface area (Å²) in [5.74, 6) is -0.774. The van der Waals surface area contributed by atoms with Gasteiger partial charge in [0.25, 0.3) is 0 Å². The highest BCUT2D eigenvalue weighted by molar-refractivity contribution is 7.91. The fourth-order valence-electron chi connectivity index (χ4n) is 6.76. The Morgan fingerprint density at radius 1 is 0.974 bits per heavy atom. The summed E-state index contributed by atoms with van der Waals surface area (Å²) in [4.78, 5) is 9.41. The van der Waals surface area contributed by atoms with Crippen molar-refractivity contribution in [3.63, 3.8) is 0 Å². The van der Waals surface area contributed by atoms with Gasteiger partial charge in [-0.15, -0.1) is 5.10 Å². The summed E-state index contributed by atoms with van der Waals surface area (Å²) in [6.07, 6.45) is 3.08. The molecular formula is C28H26F2N6O2S. The van der Waals surface area contributed by atoms with Gasteiger partial charge in [-0.25, -0.2) is 27.2 Å². The molecule has 0 radical (unpaired) electrons. The van der Waals surface area contributed by atoms with Gasteiger partial charge < -0.3 is 0 Å². The second-order valence-corrected chi connectivity index (χ2v) is 13.6. The number of benzene rings is 1. The van der Waals surface area contributed by atoms with Crippen molar-refractivity contribution in [1.82, 2.24) is 30.4 Å². The third-order valence-corrected chi connectivity index (χ3v) is 11.1. The molecule has 0 spiro atoms. The molecule has 3 heterocycles. The first-order chi connectivity index (χ1) is 18.6. The average molecular weight is 549 g/mol. The maximum atomic E-state index is 14.5. The smallest absolute Gasteiger partial charge is 0.199 e. The van der Waals surface area contributed by atoms with Gasteiger partial charge in [0.2, 0.25) is 0 Å². The average Bonchev–Trinajstić information content (AvgIpc) is 3.58. The molecular weight excluding hydrogens is 522 g/mol. The van der Waals surface area contributed by atoms with Crippen LogP contribution >= 0.6 is 0 Å². The van der Waals surface area contributed by atoms with Crippen molar-refractivity contribution >= 4 is 9.84 Å². The minimum absolute atomic E-state index is 0.116. The number of nitrogens with zero attached hydrogens (tertiary/aromatic N) is 5. The van der Waals surface area contributed by atoms with Crippen molar-refractivity contribution in [2.75, 3.05) is 0 Å². The van der Waals surface area contributed by atoms with E-state index in [1.165, 1.54) is 18.2 Å². The third-order valence-electron chi connectivity index (χ3n) is 8.92. The van der Waals surface area contributed by atoms with E-state index < -0.39 is 26.9 Å². The number of sulfone groups is 1. The van der Waals surface area contributed by atoms with E-state index in [1.807, 2.05) is 12.1 Å². The molecule has 0 amide bonds. The number of aromatic nitrogens is 6. The van der Waals surface area contributed by atoms with Gasteiger partial charge >= 0.3 is 0 Å². The molecule has 8 nitrogen and oxygen atoms in total. The van der Waals surface area contributed by atoms with Crippen LogP contribution in [0.15, 0.2) is 42.5 Å². The number of rotatable bonds is 6. The highest BCUT2D eigenvalue weighted by Crippen LogP contribution is 2.69. The summed E-state index contributed by atoms with van der Waals surface area (Å²) in [5, 5.41) is 15.6. The SMILES string of the molecule is CC1(C)[C@H]2CC[C@]1(c1cccc(-c3n[nH]c(CS(=O)(=O)C4CC4)n3)n1)c1nnc(-c3c(F)cccc3F)cc12. The zero-order valence-electron chi connectivity index (χ0n) is 21.4. The molecule has 0 aliphatic heterocycles. The zero-order chi connectivity index (χ0) is 27.2. The molecule has 3 aromatic heterocycles. The lowest BCUT2D eigenvalue weighted by Gasteiger charge is -2.37. The second kappa shape index (κ2) is 8.20. The van der Waals surface area contributed by atoms with Crippen LogP contribution in [0.25, 0.3) is 22.8 Å². The Bertz CT molecular complexity index is 1730. The standard InChI is InChI=1S/C28H26F2N6O2S/c1-27(2)17-11-12-28(27,25-16(17)13-21(33-35-25)24-18(29)5-3-6-19(24)30)22-8-4-7-20(31-22)26-32-23(34-36-26)14-39(37,38)15-9-10-15/h3-8,13,15,17H,9-12,14H2,1-2H3,(H,32,34,36)/t17-,28-/m0/s1. The van der Waals surface area contributed by atoms with Gasteiger partial charge in [-0.3, -0.25) is 5.10 Å². The number of aromatic amines is 1. The van der Waals surface area contributed by atoms with E-state index in [0.717, 1.165) is 29.8 Å². The first-order valence-corrected chi connectivity index (χ1v) is 14.8. The van der Waals surface area contributed by atoms with Crippen LogP contribution < -0.4 is 0 Å². The molecule has 2 atom stereocenters. The molecule has 3 aliphatic carbocycles. The van der Waals surface area contributed by atoms with E-state index in [2.05, 4.69) is 39.2 Å². The molecule has 1 N–H and O–H groups in total. The van der Waals surface area contributed by atoms with Gasteiger partial charge in [0.15, 0.2) is 15.7 Å². The topological polar surface area (TPSA) is 114 Å². The Kier molecular flexibility index (Phi) is 5.14. The summed E-state index contributed by atoms with van der Waals surface area (Å²) < 4.78 is 53.9. The second-order valence-electron chi connectivity index (χ2n) is 11.4. The molecule has 0 saturated heterocycles. The van der Waals surface area contributed by atoms with E-state index in [0.29, 0.717) is 30.2 Å². The van der Waals surface area contributed by atoms with Crippen molar-refractivity contribution in [3.05, 3.63) is 76.9 Å². The molecule has 3 aliphatic rings. The number of hydrogen-bond donors (Lipinski definition) is 1. The quantitative estimate of drug-likeness (QED) is 0.365. The maximum absolute atomic E-state index is 14.5. The van der Waals surface area contributed by atoms with E-state index in [9.17, 15) is 17.2 Å². The molecule has 2 bridgehead atoms. The van der Waals surface area contributed by atoms with Crippen LogP contribution in [0.2, 0.25) is 0 Å². The lowest BCUT2D eigenvalue weighted by molar-refractivity contribution is 0.243. The third kappa shape index (κ3) is 3.51. The number of fused-ring (bicyclic) bond motifs is 5. The molecule has 7 rings (SSSR count). The van der Waals surface area contributed by atoms with Crippen LogP contribution in [0, 0.1) is 17.0 Å². The van der Waals surface area contributed by atoms with Crippen LogP contribution in [0.4, 0.5) is 8.78 Å². The highest BCUT2D eigenvalue weighted by atomic mass is 32.2. The maximum Gasteiger partial charge on any atom is 0.199 e. The Hall–Kier alpha value is -3.60. The van der Waals surface area contributed by atoms with E-state index in [1.54, 1.807) is 12.1 Å². The van der Waals surface area contributed by atoms with Crippen molar-refractivity contribution in [1.29, 1.82) is 0 Å². The Morgan fingerprint density at radius 3 is 2.46 bits per heavy atom. The van der Waals surface area contributed by atoms with Crippen molar-refractivity contribution in [2.24, 2.45) is 5.41 Å². The fraction of sp³-hybridized carbons (Fsp3) is 0.393. The zero-order valence-corrected chi connectivity index (χ0v) is 22.3. The minimum Gasteiger partial charge on any atom is -0.262 e. The molecule has 4 aromatic rings. The molecule has 2 fully saturated rings. The number of hydrogen-bond acceptors (Lipinski definition) is 7. The Morgan fingerprint density at radius 2 is 1.72 bits per heavy atom. The van der Waals surface area contributed by atoms with Crippen LogP contribution in [0.3, 0.4) is 0 Å². The summed E-state index contributed by atoms with van der Waals surface area (Å²) in [6, 6.07) is 11.2. The molecule has 0 unspecified atom stereocenters. The van der Waals surface area contributed by atoms with E-state index >= 15 is 0 Å². The van der Waals surface area contributed by atoms with Crippen LogP contribution in [-0.4, -0.2) is 44.0 Å². The first-order valence-electron chi connectivity index (χ1n) is 13.0. The minimum atomic E-state index is -3.23. The van der Waals surface area contributed by atoms with Gasteiger partial charge in [-0.2, -0.15) is 10.2 Å². The number of pyridine rings is 1. The highest BCUT2D eigenvalue weighted by Gasteiger charge is 2.65. The lowest BCUT2D eigenvalue weighted by Crippen LogP contribution is -2.37. The van der Waals surface area contributed by atoms with Gasteiger partial charge in [0, 0.05) is 0 Å². The van der Waals surface area contributed by atoms with E-state index in [-0.39, 0.29) is 33.6 Å². The normalized spacial score (nSPS) is 23.2. The van der Waals surface area contributed by atoms with Crippen LogP contribution in [0.5, 0.6) is 0 Å². The number of halogens is 2. The molecule has 2 saturated carbocycles. The lowest BCUT2D eigenvalue weighted by atomic mass is 9.66. The Labute approximate surface area is 224 Å². The van der Waals surface area contributed by atoms with Gasteiger partial charge in [0.05, 0.1) is 33.3 Å². The molecule has 39 heavy (non-hydrogen) atoms. The summed E-state index contributed by atoms with van der Waals surface area (Å²) in [7, 11) is -3.23. The van der Waals surface area contributed by atoms with Gasteiger partial charge in [-0.1, -0.05) is 26.0 Å². The van der Waals surface area contributed by atoms with Crippen molar-refractivity contribution in [2.45, 2.75) is 61.9 Å². The predicted molar refractivity (Wildman–Crippen MR) is 139 cm³/mol. The number of nitrogens with one attached hydrogen (secondary N) is 1. The first kappa shape index (κ1) is 24.4. The largest absolute Gasteiger partial charge is 0.262 e. The van der Waals surface area contributed by atoms with Gasteiger partial charge in [0.1, 0.15) is 28.9 Å². The molecule has 200 valence electrons. The van der Waals surface area contributed by atoms with Crippen LogP contribution in [0.1, 0.15) is 68.2 Å². The Balaban J connectivity index is 1.29. The summed E-state index contributed by atoms with van der Waals surface area (Å²) in [5.41, 5.74) is 2.20. The summed E-state index contributed by atoms with van der Waals surface area (Å²) >= 11 is 0. The monoisotopic (exact) mass is 548 g/mol. The van der Waals surface area contributed by atoms with E-state index in [4.69, 9.17) is 4.98 Å². The van der Waals surface area contributed by atoms with Crippen LogP contribution in [-0.2, 0) is 21.0 Å². The predicted octanol–water partition coefficient (Wildman–Crippen LogP) is 4.88. The summed E-state index contributed by atoms with van der Waals surface area (Å²) in [6.45, 7) is 4.36. The van der Waals surface area contributed by atoms with Crippen molar-refractivity contribution in [3.8, 4) is 22.8 Å². The van der Waals surface area contributed by atoms with Crippen molar-refractivity contribution < 1.29 is 17.2 Å². The van der Waals surface area contributed by atoms with Gasteiger partial charge in [-0.05, 0) is 72.9 Å². The molecule has 11 heteroatoms.